The van der Waals surface area contributed by atoms with Gasteiger partial charge in [0.25, 0.3) is 5.91 Å². The highest BCUT2D eigenvalue weighted by Crippen LogP contribution is 2.22. The third-order valence-electron chi connectivity index (χ3n) is 4.84. The van der Waals surface area contributed by atoms with Crippen molar-refractivity contribution in [3.63, 3.8) is 0 Å². The first-order valence-electron chi connectivity index (χ1n) is 8.98. The Morgan fingerprint density at radius 3 is 2.58 bits per heavy atom. The fourth-order valence-electron chi connectivity index (χ4n) is 3.40. The molecule has 134 valence electrons. The Balaban J connectivity index is 1.45. The van der Waals surface area contributed by atoms with Gasteiger partial charge in [-0.1, -0.05) is 0 Å². The number of hydrogen-bond acceptors (Lipinski definition) is 5. The van der Waals surface area contributed by atoms with Crippen LogP contribution in [-0.4, -0.2) is 43.0 Å². The van der Waals surface area contributed by atoms with E-state index in [1.807, 2.05) is 24.3 Å². The number of aromatic nitrogens is 1. The van der Waals surface area contributed by atoms with E-state index < -0.39 is 0 Å². The maximum Gasteiger partial charge on any atom is 0.256 e. The van der Waals surface area contributed by atoms with Crippen LogP contribution in [0.5, 0.6) is 0 Å². The van der Waals surface area contributed by atoms with Gasteiger partial charge < -0.3 is 15.0 Å². The maximum absolute atomic E-state index is 12.5. The molecular weight excluding hydrogens is 330 g/mol. The molecule has 1 saturated heterocycles. The maximum atomic E-state index is 12.5. The lowest BCUT2D eigenvalue weighted by atomic mass is 9.95. The Morgan fingerprint density at radius 2 is 1.81 bits per heavy atom. The van der Waals surface area contributed by atoms with E-state index in [-0.39, 0.29) is 11.7 Å². The standard InChI is InChI=1S/C20H21N3O3/c24-18-3-1-2-17-16(18)8-9-19(21-17)22-20(25)14-4-6-15(7-5-14)23-10-12-26-13-11-23/h4-9H,1-3,10-13H2,(H,21,22,25). The summed E-state index contributed by atoms with van der Waals surface area (Å²) in [5, 5.41) is 2.83. The Bertz CT molecular complexity index is 827. The molecule has 6 heteroatoms. The molecule has 1 aromatic carbocycles. The van der Waals surface area contributed by atoms with Gasteiger partial charge in [-0.05, 0) is 49.2 Å². The quantitative estimate of drug-likeness (QED) is 0.920. The van der Waals surface area contributed by atoms with E-state index in [1.54, 1.807) is 12.1 Å². The zero-order chi connectivity index (χ0) is 17.9. The summed E-state index contributed by atoms with van der Waals surface area (Å²) in [4.78, 5) is 31.0. The number of Topliss-reactive ketones (excluding diaryl/α,β-unsaturated/α-hetero) is 1. The van der Waals surface area contributed by atoms with Gasteiger partial charge in [0.15, 0.2) is 5.78 Å². The van der Waals surface area contributed by atoms with Crippen molar-refractivity contribution in [3.8, 4) is 0 Å². The van der Waals surface area contributed by atoms with Gasteiger partial charge in [0.1, 0.15) is 5.82 Å². The first kappa shape index (κ1) is 16.7. The predicted molar refractivity (Wildman–Crippen MR) is 98.9 cm³/mol. The number of carbonyl (C=O) groups is 2. The number of morpholine rings is 1. The number of hydrogen-bond donors (Lipinski definition) is 1. The molecule has 2 aromatic rings. The summed E-state index contributed by atoms with van der Waals surface area (Å²) in [7, 11) is 0. The van der Waals surface area contributed by atoms with Gasteiger partial charge >= 0.3 is 0 Å². The smallest absolute Gasteiger partial charge is 0.256 e. The molecule has 6 nitrogen and oxygen atoms in total. The van der Waals surface area contributed by atoms with E-state index in [4.69, 9.17) is 4.74 Å². The Hall–Kier alpha value is -2.73. The van der Waals surface area contributed by atoms with E-state index in [9.17, 15) is 9.59 Å². The first-order valence-corrected chi connectivity index (χ1v) is 8.98. The highest BCUT2D eigenvalue weighted by Gasteiger charge is 2.19. The van der Waals surface area contributed by atoms with Crippen LogP contribution in [0.4, 0.5) is 11.5 Å². The largest absolute Gasteiger partial charge is 0.378 e. The van der Waals surface area contributed by atoms with Crippen LogP contribution in [0.2, 0.25) is 0 Å². The zero-order valence-electron chi connectivity index (χ0n) is 14.5. The molecule has 1 aliphatic heterocycles. The van der Waals surface area contributed by atoms with Crippen molar-refractivity contribution in [2.45, 2.75) is 19.3 Å². The van der Waals surface area contributed by atoms with Crippen LogP contribution < -0.4 is 10.2 Å². The number of carbonyl (C=O) groups excluding carboxylic acids is 2. The van der Waals surface area contributed by atoms with Crippen LogP contribution >= 0.6 is 0 Å². The highest BCUT2D eigenvalue weighted by atomic mass is 16.5. The summed E-state index contributed by atoms with van der Waals surface area (Å²) in [6.45, 7) is 3.19. The summed E-state index contributed by atoms with van der Waals surface area (Å²) in [6, 6.07) is 11.0. The molecule has 1 fully saturated rings. The molecule has 0 radical (unpaired) electrons. The topological polar surface area (TPSA) is 71.5 Å². The fraction of sp³-hybridized carbons (Fsp3) is 0.350. The molecular formula is C20H21N3O3. The lowest BCUT2D eigenvalue weighted by Crippen LogP contribution is -2.36. The van der Waals surface area contributed by atoms with E-state index >= 15 is 0 Å². The average molecular weight is 351 g/mol. The number of ketones is 1. The number of ether oxygens (including phenoxy) is 1. The number of nitrogens with one attached hydrogen (secondary N) is 1. The van der Waals surface area contributed by atoms with Crippen molar-refractivity contribution >= 4 is 23.2 Å². The highest BCUT2D eigenvalue weighted by molar-refractivity contribution is 6.04. The second-order valence-electron chi connectivity index (χ2n) is 6.57. The van der Waals surface area contributed by atoms with Gasteiger partial charge in [-0.25, -0.2) is 4.98 Å². The summed E-state index contributed by atoms with van der Waals surface area (Å²) < 4.78 is 5.36. The van der Waals surface area contributed by atoms with Crippen molar-refractivity contribution in [2.24, 2.45) is 0 Å². The summed E-state index contributed by atoms with van der Waals surface area (Å²) >= 11 is 0. The minimum Gasteiger partial charge on any atom is -0.378 e. The fourth-order valence-corrected chi connectivity index (χ4v) is 3.40. The number of anilines is 2. The molecule has 0 atom stereocenters. The van der Waals surface area contributed by atoms with E-state index in [1.165, 1.54) is 0 Å². The van der Waals surface area contributed by atoms with Crippen molar-refractivity contribution in [3.05, 3.63) is 53.2 Å². The number of amides is 1. The summed E-state index contributed by atoms with van der Waals surface area (Å²) in [6.07, 6.45) is 2.17. The zero-order valence-corrected chi connectivity index (χ0v) is 14.5. The normalized spacial score (nSPS) is 16.9. The molecule has 4 rings (SSSR count). The van der Waals surface area contributed by atoms with Crippen LogP contribution in [0.15, 0.2) is 36.4 Å². The molecule has 26 heavy (non-hydrogen) atoms. The van der Waals surface area contributed by atoms with Crippen molar-refractivity contribution in [1.29, 1.82) is 0 Å². The van der Waals surface area contributed by atoms with Crippen LogP contribution in [0.25, 0.3) is 0 Å². The Morgan fingerprint density at radius 1 is 1.04 bits per heavy atom. The van der Waals surface area contributed by atoms with Crippen molar-refractivity contribution < 1.29 is 14.3 Å². The molecule has 0 bridgehead atoms. The van der Waals surface area contributed by atoms with Crippen LogP contribution in [-0.2, 0) is 11.2 Å². The first-order chi connectivity index (χ1) is 12.7. The van der Waals surface area contributed by atoms with Gasteiger partial charge in [0, 0.05) is 36.3 Å². The van der Waals surface area contributed by atoms with Gasteiger partial charge in [-0.15, -0.1) is 0 Å². The number of benzene rings is 1. The van der Waals surface area contributed by atoms with Crippen LogP contribution in [0, 0.1) is 0 Å². The van der Waals surface area contributed by atoms with Crippen LogP contribution in [0.3, 0.4) is 0 Å². The minimum absolute atomic E-state index is 0.135. The second kappa shape index (κ2) is 7.25. The van der Waals surface area contributed by atoms with Crippen molar-refractivity contribution in [2.75, 3.05) is 36.5 Å². The lowest BCUT2D eigenvalue weighted by Gasteiger charge is -2.28. The molecule has 1 N–H and O–H groups in total. The molecule has 1 amide bonds. The van der Waals surface area contributed by atoms with Gasteiger partial charge in [0.2, 0.25) is 0 Å². The Labute approximate surface area is 152 Å². The predicted octanol–water partition coefficient (Wildman–Crippen LogP) is 2.69. The van der Waals surface area contributed by atoms with Crippen molar-refractivity contribution in [1.82, 2.24) is 4.98 Å². The van der Waals surface area contributed by atoms with Gasteiger partial charge in [0.05, 0.1) is 18.9 Å². The monoisotopic (exact) mass is 351 g/mol. The third-order valence-corrected chi connectivity index (χ3v) is 4.84. The molecule has 0 saturated carbocycles. The minimum atomic E-state index is -0.201. The molecule has 0 spiro atoms. The second-order valence-corrected chi connectivity index (χ2v) is 6.57. The summed E-state index contributed by atoms with van der Waals surface area (Å²) in [5.41, 5.74) is 3.14. The van der Waals surface area contributed by atoms with Gasteiger partial charge in [-0.2, -0.15) is 0 Å². The third kappa shape index (κ3) is 3.46. The average Bonchev–Trinajstić information content (AvgIpc) is 2.69. The number of nitrogens with zero attached hydrogens (tertiary/aromatic N) is 2. The molecule has 1 aromatic heterocycles. The molecule has 0 unspecified atom stereocenters. The summed E-state index contributed by atoms with van der Waals surface area (Å²) in [5.74, 6) is 0.421. The Kier molecular flexibility index (Phi) is 4.67. The molecule has 2 aliphatic rings. The number of pyridine rings is 1. The number of fused-ring (bicyclic) bond motifs is 1. The van der Waals surface area contributed by atoms with E-state index in [0.29, 0.717) is 23.4 Å². The number of aryl methyl sites for hydroxylation is 1. The van der Waals surface area contributed by atoms with Crippen LogP contribution in [0.1, 0.15) is 39.3 Å². The van der Waals surface area contributed by atoms with Gasteiger partial charge in [-0.3, -0.25) is 9.59 Å². The van der Waals surface area contributed by atoms with E-state index in [0.717, 1.165) is 50.5 Å². The lowest BCUT2D eigenvalue weighted by molar-refractivity contribution is 0.0971. The molecule has 1 aliphatic carbocycles. The SMILES string of the molecule is O=C(Nc1ccc2c(n1)CCCC2=O)c1ccc(N2CCOCC2)cc1. The molecule has 2 heterocycles. The number of rotatable bonds is 3. The van der Waals surface area contributed by atoms with E-state index in [2.05, 4.69) is 15.2 Å².